The van der Waals surface area contributed by atoms with E-state index in [0.29, 0.717) is 5.25 Å². The molecule has 1 aromatic rings. The molecular formula is C13H20N2O2S2. The van der Waals surface area contributed by atoms with E-state index in [1.54, 1.807) is 11.3 Å². The van der Waals surface area contributed by atoms with Crippen LogP contribution in [0, 0.1) is 0 Å². The molecule has 0 bridgehead atoms. The van der Waals surface area contributed by atoms with Crippen LogP contribution in [0.4, 0.5) is 4.79 Å². The maximum atomic E-state index is 11.6. The van der Waals surface area contributed by atoms with E-state index >= 15 is 0 Å². The lowest BCUT2D eigenvalue weighted by Gasteiger charge is -2.28. The summed E-state index contributed by atoms with van der Waals surface area (Å²) < 4.78 is 6.55. The van der Waals surface area contributed by atoms with Crippen molar-refractivity contribution in [2.24, 2.45) is 0 Å². The second-order valence-electron chi connectivity index (χ2n) is 5.65. The van der Waals surface area contributed by atoms with Crippen molar-refractivity contribution in [1.29, 1.82) is 0 Å². The Morgan fingerprint density at radius 2 is 2.21 bits per heavy atom. The van der Waals surface area contributed by atoms with Gasteiger partial charge in [-0.15, -0.1) is 23.1 Å². The van der Waals surface area contributed by atoms with Gasteiger partial charge in [0.25, 0.3) is 0 Å². The number of fused-ring (bicyclic) bond motifs is 1. The van der Waals surface area contributed by atoms with Gasteiger partial charge >= 0.3 is 6.09 Å². The molecule has 1 amide bonds. The van der Waals surface area contributed by atoms with E-state index in [1.807, 2.05) is 32.5 Å². The standard InChI is InChI=1S/C13H20N2O2S2/c1-8-7-10(9-5-6-18-11(9)19-8)14-15-12(16)17-13(2,3)4/h5-6,8,10,14H,7H2,1-4H3,(H,15,16)/t8-,10?/m0/s1. The van der Waals surface area contributed by atoms with E-state index in [4.69, 9.17) is 4.74 Å². The SMILES string of the molecule is C[C@H]1CC(NNC(=O)OC(C)(C)C)c2ccsc2S1. The Labute approximate surface area is 122 Å². The average Bonchev–Trinajstić information content (AvgIpc) is 2.71. The molecule has 106 valence electrons. The molecule has 0 saturated heterocycles. The van der Waals surface area contributed by atoms with Gasteiger partial charge in [-0.25, -0.2) is 10.2 Å². The molecule has 2 heterocycles. The third-order valence-electron chi connectivity index (χ3n) is 2.66. The monoisotopic (exact) mass is 300 g/mol. The van der Waals surface area contributed by atoms with Crippen molar-refractivity contribution in [3.63, 3.8) is 0 Å². The lowest BCUT2D eigenvalue weighted by atomic mass is 10.1. The second kappa shape index (κ2) is 5.73. The van der Waals surface area contributed by atoms with Crippen LogP contribution in [-0.2, 0) is 4.74 Å². The molecule has 1 aliphatic rings. The summed E-state index contributed by atoms with van der Waals surface area (Å²) in [5, 5.41) is 2.64. The van der Waals surface area contributed by atoms with E-state index in [0.717, 1.165) is 6.42 Å². The zero-order valence-corrected chi connectivity index (χ0v) is 13.3. The third-order valence-corrected chi connectivity index (χ3v) is 5.00. The largest absolute Gasteiger partial charge is 0.443 e. The molecule has 4 nitrogen and oxygen atoms in total. The van der Waals surface area contributed by atoms with Gasteiger partial charge in [-0.3, -0.25) is 5.43 Å². The molecular weight excluding hydrogens is 280 g/mol. The first kappa shape index (κ1) is 14.7. The molecule has 6 heteroatoms. The number of thiophene rings is 1. The van der Waals surface area contributed by atoms with E-state index in [2.05, 4.69) is 29.2 Å². The molecule has 0 fully saturated rings. The molecule has 0 radical (unpaired) electrons. The van der Waals surface area contributed by atoms with Crippen LogP contribution in [0.5, 0.6) is 0 Å². The lowest BCUT2D eigenvalue weighted by Crippen LogP contribution is -2.44. The number of hydrazine groups is 1. The molecule has 0 aromatic carbocycles. The maximum absolute atomic E-state index is 11.6. The van der Waals surface area contributed by atoms with Crippen LogP contribution < -0.4 is 10.9 Å². The Hall–Kier alpha value is -0.720. The fourth-order valence-electron chi connectivity index (χ4n) is 1.94. The van der Waals surface area contributed by atoms with Crippen molar-refractivity contribution in [2.75, 3.05) is 0 Å². The van der Waals surface area contributed by atoms with Crippen molar-refractivity contribution in [3.8, 4) is 0 Å². The van der Waals surface area contributed by atoms with Gasteiger partial charge in [-0.05, 0) is 44.2 Å². The quantitative estimate of drug-likeness (QED) is 0.818. The minimum Gasteiger partial charge on any atom is -0.443 e. The average molecular weight is 300 g/mol. The topological polar surface area (TPSA) is 50.4 Å². The van der Waals surface area contributed by atoms with E-state index in [1.165, 1.54) is 9.77 Å². The van der Waals surface area contributed by atoms with E-state index in [-0.39, 0.29) is 6.04 Å². The van der Waals surface area contributed by atoms with Crippen LogP contribution in [0.1, 0.15) is 45.7 Å². The van der Waals surface area contributed by atoms with Crippen LogP contribution in [-0.4, -0.2) is 16.9 Å². The molecule has 2 rings (SSSR count). The van der Waals surface area contributed by atoms with Gasteiger partial charge < -0.3 is 4.74 Å². The molecule has 0 spiro atoms. The van der Waals surface area contributed by atoms with Crippen LogP contribution in [0.3, 0.4) is 0 Å². The van der Waals surface area contributed by atoms with E-state index < -0.39 is 11.7 Å². The number of carbonyl (C=O) groups is 1. The summed E-state index contributed by atoms with van der Waals surface area (Å²) in [6.45, 7) is 7.75. The predicted molar refractivity (Wildman–Crippen MR) is 79.5 cm³/mol. The fourth-order valence-corrected chi connectivity index (χ4v) is 4.50. The number of ether oxygens (including phenoxy) is 1. The van der Waals surface area contributed by atoms with Gasteiger partial charge in [0.15, 0.2) is 0 Å². The summed E-state index contributed by atoms with van der Waals surface area (Å²) in [7, 11) is 0. The first-order chi connectivity index (χ1) is 8.85. The number of hydrogen-bond donors (Lipinski definition) is 2. The lowest BCUT2D eigenvalue weighted by molar-refractivity contribution is 0.0486. The second-order valence-corrected chi connectivity index (χ2v) is 8.27. The smallest absolute Gasteiger partial charge is 0.422 e. The minimum atomic E-state index is -0.477. The van der Waals surface area contributed by atoms with E-state index in [9.17, 15) is 4.79 Å². The highest BCUT2D eigenvalue weighted by atomic mass is 32.2. The molecule has 1 aromatic heterocycles. The zero-order chi connectivity index (χ0) is 14.0. The highest BCUT2D eigenvalue weighted by Crippen LogP contribution is 2.43. The van der Waals surface area contributed by atoms with Gasteiger partial charge in [0.1, 0.15) is 5.60 Å². The number of amides is 1. The Morgan fingerprint density at radius 1 is 1.47 bits per heavy atom. The molecule has 19 heavy (non-hydrogen) atoms. The summed E-state index contributed by atoms with van der Waals surface area (Å²) in [6.07, 6.45) is 0.555. The summed E-state index contributed by atoms with van der Waals surface area (Å²) in [5.74, 6) is 0. The normalized spacial score (nSPS) is 22.7. The number of hydrogen-bond acceptors (Lipinski definition) is 5. The van der Waals surface area contributed by atoms with Crippen molar-refractivity contribution >= 4 is 29.2 Å². The highest BCUT2D eigenvalue weighted by Gasteiger charge is 2.27. The number of carbonyl (C=O) groups excluding carboxylic acids is 1. The molecule has 2 N–H and O–H groups in total. The van der Waals surface area contributed by atoms with Crippen molar-refractivity contribution in [3.05, 3.63) is 17.0 Å². The summed E-state index contributed by atoms with van der Waals surface area (Å²) in [6, 6.07) is 2.28. The molecule has 1 aliphatic heterocycles. The van der Waals surface area contributed by atoms with Gasteiger partial charge in [0, 0.05) is 5.25 Å². The molecule has 1 unspecified atom stereocenters. The van der Waals surface area contributed by atoms with Gasteiger partial charge in [-0.1, -0.05) is 6.92 Å². The number of nitrogens with one attached hydrogen (secondary N) is 2. The van der Waals surface area contributed by atoms with Crippen LogP contribution >= 0.6 is 23.1 Å². The van der Waals surface area contributed by atoms with Gasteiger partial charge in [0.2, 0.25) is 0 Å². The predicted octanol–water partition coefficient (Wildman–Crippen LogP) is 3.70. The summed E-state index contributed by atoms with van der Waals surface area (Å²) >= 11 is 3.66. The maximum Gasteiger partial charge on any atom is 0.422 e. The Balaban J connectivity index is 1.92. The number of thioether (sulfide) groups is 1. The van der Waals surface area contributed by atoms with Gasteiger partial charge in [-0.2, -0.15) is 0 Å². The first-order valence-corrected chi connectivity index (χ1v) is 8.09. The minimum absolute atomic E-state index is 0.157. The van der Waals surface area contributed by atoms with Gasteiger partial charge in [0.05, 0.1) is 10.3 Å². The van der Waals surface area contributed by atoms with Crippen molar-refractivity contribution < 1.29 is 9.53 Å². The Morgan fingerprint density at radius 3 is 2.89 bits per heavy atom. The summed E-state index contributed by atoms with van der Waals surface area (Å²) in [5.41, 5.74) is 6.52. The number of rotatable bonds is 2. The summed E-state index contributed by atoms with van der Waals surface area (Å²) in [4.78, 5) is 11.6. The molecule has 0 saturated carbocycles. The Kier molecular flexibility index (Phi) is 4.43. The fraction of sp³-hybridized carbons (Fsp3) is 0.615. The first-order valence-electron chi connectivity index (χ1n) is 6.34. The van der Waals surface area contributed by atoms with Crippen LogP contribution in [0.25, 0.3) is 0 Å². The highest BCUT2D eigenvalue weighted by molar-refractivity contribution is 8.01. The molecule has 2 atom stereocenters. The molecule has 0 aliphatic carbocycles. The van der Waals surface area contributed by atoms with Crippen LogP contribution in [0.15, 0.2) is 15.7 Å². The van der Waals surface area contributed by atoms with Crippen molar-refractivity contribution in [2.45, 2.75) is 55.2 Å². The van der Waals surface area contributed by atoms with Crippen molar-refractivity contribution in [1.82, 2.24) is 10.9 Å². The zero-order valence-electron chi connectivity index (χ0n) is 11.6. The third kappa shape index (κ3) is 4.12. The van der Waals surface area contributed by atoms with Crippen LogP contribution in [0.2, 0.25) is 0 Å². The Bertz CT molecular complexity index is 454.